The summed E-state index contributed by atoms with van der Waals surface area (Å²) in [5, 5.41) is 6.30. The van der Waals surface area contributed by atoms with Crippen LogP contribution in [0, 0.1) is 0 Å². The van der Waals surface area contributed by atoms with E-state index >= 15 is 0 Å². The van der Waals surface area contributed by atoms with Crippen LogP contribution in [-0.2, 0) is 13.1 Å². The van der Waals surface area contributed by atoms with Crippen molar-refractivity contribution < 1.29 is 0 Å². The van der Waals surface area contributed by atoms with Gasteiger partial charge in [0.1, 0.15) is 0 Å². The van der Waals surface area contributed by atoms with Crippen LogP contribution >= 0.6 is 24.0 Å². The van der Waals surface area contributed by atoms with Gasteiger partial charge in [-0.15, -0.1) is 24.0 Å². The van der Waals surface area contributed by atoms with E-state index in [1.165, 1.54) is 49.9 Å². The van der Waals surface area contributed by atoms with Crippen LogP contribution in [0.3, 0.4) is 0 Å². The first-order valence-electron chi connectivity index (χ1n) is 8.00. The molecule has 0 atom stereocenters. The minimum absolute atomic E-state index is 0. The third-order valence-corrected chi connectivity index (χ3v) is 4.05. The molecule has 22 heavy (non-hydrogen) atoms. The van der Waals surface area contributed by atoms with E-state index in [0.717, 1.165) is 19.0 Å². The van der Waals surface area contributed by atoms with Gasteiger partial charge in [-0.3, -0.25) is 9.89 Å². The quantitative estimate of drug-likeness (QED) is 0.451. The summed E-state index contributed by atoms with van der Waals surface area (Å²) in [6.45, 7) is 4.40. The van der Waals surface area contributed by atoms with Crippen molar-refractivity contribution in [2.24, 2.45) is 4.99 Å². The molecule has 1 aromatic rings. The van der Waals surface area contributed by atoms with E-state index in [9.17, 15) is 0 Å². The molecular weight excluding hydrogens is 387 g/mol. The molecule has 0 unspecified atom stereocenters. The summed E-state index contributed by atoms with van der Waals surface area (Å²) in [4.78, 5) is 6.70. The van der Waals surface area contributed by atoms with Crippen molar-refractivity contribution in [1.29, 1.82) is 0 Å². The number of nitrogens with one attached hydrogen (secondary N) is 2. The number of hydrogen-bond donors (Lipinski definition) is 2. The molecule has 2 N–H and O–H groups in total. The van der Waals surface area contributed by atoms with Crippen molar-refractivity contribution >= 4 is 29.9 Å². The summed E-state index contributed by atoms with van der Waals surface area (Å²) < 4.78 is 0. The van der Waals surface area contributed by atoms with Gasteiger partial charge in [-0.1, -0.05) is 37.1 Å². The van der Waals surface area contributed by atoms with Crippen LogP contribution in [0.1, 0.15) is 36.8 Å². The van der Waals surface area contributed by atoms with E-state index in [4.69, 9.17) is 0 Å². The Morgan fingerprint density at radius 2 is 1.64 bits per heavy atom. The molecule has 1 fully saturated rings. The Morgan fingerprint density at radius 3 is 2.18 bits per heavy atom. The van der Waals surface area contributed by atoms with E-state index in [2.05, 4.69) is 44.8 Å². The summed E-state index contributed by atoms with van der Waals surface area (Å²) in [5.41, 5.74) is 2.70. The van der Waals surface area contributed by atoms with Gasteiger partial charge in [0.05, 0.1) is 0 Å². The molecule has 4 nitrogen and oxygen atoms in total. The van der Waals surface area contributed by atoms with Crippen molar-refractivity contribution in [2.45, 2.75) is 38.8 Å². The monoisotopic (exact) mass is 416 g/mol. The highest BCUT2D eigenvalue weighted by Gasteiger charge is 2.09. The molecular formula is C17H29IN4. The van der Waals surface area contributed by atoms with Crippen molar-refractivity contribution in [2.75, 3.05) is 27.2 Å². The summed E-state index contributed by atoms with van der Waals surface area (Å²) >= 11 is 0. The number of likely N-dealkylation sites (tertiary alicyclic amines) is 1. The van der Waals surface area contributed by atoms with Gasteiger partial charge in [-0.2, -0.15) is 0 Å². The highest BCUT2D eigenvalue weighted by atomic mass is 127. The third kappa shape index (κ3) is 6.52. The smallest absolute Gasteiger partial charge is 0.190 e. The number of hydrogen-bond acceptors (Lipinski definition) is 2. The molecule has 5 heteroatoms. The fraction of sp³-hybridized carbons (Fsp3) is 0.588. The maximum Gasteiger partial charge on any atom is 0.190 e. The molecule has 0 aliphatic carbocycles. The molecule has 1 saturated heterocycles. The molecule has 1 heterocycles. The second-order valence-corrected chi connectivity index (χ2v) is 5.68. The van der Waals surface area contributed by atoms with E-state index in [1.807, 2.05) is 7.05 Å². The second-order valence-electron chi connectivity index (χ2n) is 5.68. The minimum atomic E-state index is 0. The molecule has 0 spiro atoms. The highest BCUT2D eigenvalue weighted by Crippen LogP contribution is 2.13. The largest absolute Gasteiger partial charge is 0.359 e. The van der Waals surface area contributed by atoms with Crippen LogP contribution < -0.4 is 10.6 Å². The lowest BCUT2D eigenvalue weighted by Gasteiger charge is -2.19. The summed E-state index contributed by atoms with van der Waals surface area (Å²) in [6, 6.07) is 8.93. The van der Waals surface area contributed by atoms with E-state index < -0.39 is 0 Å². The van der Waals surface area contributed by atoms with Crippen molar-refractivity contribution in [3.8, 4) is 0 Å². The number of halogens is 1. The lowest BCUT2D eigenvalue weighted by Crippen LogP contribution is -2.34. The standard InChI is InChI=1S/C17H28N4.HI/c1-18-17(19-2)20-13-15-7-9-16(10-8-15)14-21-11-5-3-4-6-12-21;/h7-10H,3-6,11-14H2,1-2H3,(H2,18,19,20);1H. The second kappa shape index (κ2) is 10.8. The maximum absolute atomic E-state index is 4.11. The Balaban J connectivity index is 0.00000242. The van der Waals surface area contributed by atoms with Crippen LogP contribution in [-0.4, -0.2) is 38.0 Å². The first-order chi connectivity index (χ1) is 10.3. The lowest BCUT2D eigenvalue weighted by molar-refractivity contribution is 0.277. The fourth-order valence-electron chi connectivity index (χ4n) is 2.78. The minimum Gasteiger partial charge on any atom is -0.359 e. The predicted molar refractivity (Wildman–Crippen MR) is 105 cm³/mol. The number of aliphatic imine (C=N–C) groups is 1. The molecule has 1 aliphatic rings. The van der Waals surface area contributed by atoms with Gasteiger partial charge in [-0.25, -0.2) is 0 Å². The molecule has 0 amide bonds. The Kier molecular flexibility index (Phi) is 9.47. The Morgan fingerprint density at radius 1 is 1.05 bits per heavy atom. The lowest BCUT2D eigenvalue weighted by atomic mass is 10.1. The molecule has 0 bridgehead atoms. The molecule has 2 rings (SSSR count). The van der Waals surface area contributed by atoms with Gasteiger partial charge in [0, 0.05) is 27.2 Å². The summed E-state index contributed by atoms with van der Waals surface area (Å²) in [6.07, 6.45) is 5.50. The first kappa shape index (κ1) is 19.2. The fourth-order valence-corrected chi connectivity index (χ4v) is 2.78. The summed E-state index contributed by atoms with van der Waals surface area (Å²) in [7, 11) is 3.66. The first-order valence-corrected chi connectivity index (χ1v) is 8.00. The molecule has 1 aromatic carbocycles. The van der Waals surface area contributed by atoms with Gasteiger partial charge in [0.2, 0.25) is 0 Å². The topological polar surface area (TPSA) is 39.7 Å². The van der Waals surface area contributed by atoms with Crippen LogP contribution in [0.2, 0.25) is 0 Å². The average molecular weight is 416 g/mol. The van der Waals surface area contributed by atoms with Crippen molar-refractivity contribution in [3.05, 3.63) is 35.4 Å². The molecule has 0 radical (unpaired) electrons. The molecule has 0 saturated carbocycles. The normalized spacial score (nSPS) is 16.5. The van der Waals surface area contributed by atoms with E-state index in [1.54, 1.807) is 7.05 Å². The Bertz CT molecular complexity index is 436. The van der Waals surface area contributed by atoms with Crippen LogP contribution in [0.25, 0.3) is 0 Å². The van der Waals surface area contributed by atoms with Crippen molar-refractivity contribution in [3.63, 3.8) is 0 Å². The van der Waals surface area contributed by atoms with Gasteiger partial charge < -0.3 is 10.6 Å². The number of rotatable bonds is 4. The zero-order valence-electron chi connectivity index (χ0n) is 13.8. The number of guanidine groups is 1. The van der Waals surface area contributed by atoms with E-state index in [-0.39, 0.29) is 24.0 Å². The molecule has 124 valence electrons. The molecule has 0 aromatic heterocycles. The number of nitrogens with zero attached hydrogens (tertiary/aromatic N) is 2. The van der Waals surface area contributed by atoms with Gasteiger partial charge >= 0.3 is 0 Å². The highest BCUT2D eigenvalue weighted by molar-refractivity contribution is 14.0. The van der Waals surface area contributed by atoms with Crippen molar-refractivity contribution in [1.82, 2.24) is 15.5 Å². The SMILES string of the molecule is CN=C(NC)NCc1ccc(CN2CCCCCC2)cc1.I. The molecule has 1 aliphatic heterocycles. The van der Waals surface area contributed by atoms with Gasteiger partial charge in [0.15, 0.2) is 5.96 Å². The van der Waals surface area contributed by atoms with Crippen LogP contribution in [0.5, 0.6) is 0 Å². The number of benzene rings is 1. The summed E-state index contributed by atoms with van der Waals surface area (Å²) in [5.74, 6) is 0.823. The maximum atomic E-state index is 4.11. The average Bonchev–Trinajstić information content (AvgIpc) is 2.78. The van der Waals surface area contributed by atoms with Crippen LogP contribution in [0.15, 0.2) is 29.3 Å². The van der Waals surface area contributed by atoms with E-state index in [0.29, 0.717) is 0 Å². The van der Waals surface area contributed by atoms with Gasteiger partial charge in [-0.05, 0) is 37.1 Å². The van der Waals surface area contributed by atoms with Crippen LogP contribution in [0.4, 0.5) is 0 Å². The Labute approximate surface area is 151 Å². The zero-order chi connectivity index (χ0) is 14.9. The zero-order valence-corrected chi connectivity index (χ0v) is 16.1. The third-order valence-electron chi connectivity index (χ3n) is 4.05. The Hall–Kier alpha value is -0.820. The predicted octanol–water partition coefficient (Wildman–Crippen LogP) is 2.98. The van der Waals surface area contributed by atoms with Gasteiger partial charge in [0.25, 0.3) is 0 Å².